The van der Waals surface area contributed by atoms with Gasteiger partial charge in [-0.05, 0) is 52.9 Å². The second-order valence-corrected chi connectivity index (χ2v) is 10.8. The van der Waals surface area contributed by atoms with Crippen LogP contribution in [0.1, 0.15) is 50.7 Å². The van der Waals surface area contributed by atoms with Gasteiger partial charge in [0.2, 0.25) is 0 Å². The number of pyridine rings is 2. The number of furan rings is 1. The van der Waals surface area contributed by atoms with Crippen molar-refractivity contribution in [3.8, 4) is 28.5 Å². The van der Waals surface area contributed by atoms with Crippen LogP contribution in [-0.2, 0) is 20.1 Å². The molecule has 0 saturated heterocycles. The maximum Gasteiger partial charge on any atom is 0.163 e. The van der Waals surface area contributed by atoms with Crippen LogP contribution in [0.3, 0.4) is 0 Å². The first-order chi connectivity index (χ1) is 20.5. The molecule has 0 fully saturated rings. The molecule has 4 heterocycles. The maximum atomic E-state index is 5.97. The van der Waals surface area contributed by atoms with Crippen LogP contribution in [-0.4, -0.2) is 19.5 Å². The third-order valence-corrected chi connectivity index (χ3v) is 7.38. The largest absolute Gasteiger partial charge is 0.501 e. The van der Waals surface area contributed by atoms with Gasteiger partial charge in [0.15, 0.2) is 5.82 Å². The van der Waals surface area contributed by atoms with Gasteiger partial charge >= 0.3 is 0 Å². The summed E-state index contributed by atoms with van der Waals surface area (Å²) in [5, 5.41) is 2.23. The molecule has 6 heteroatoms. The van der Waals surface area contributed by atoms with Crippen LogP contribution in [0.5, 0.6) is 0 Å². The van der Waals surface area contributed by atoms with Crippen molar-refractivity contribution in [3.63, 3.8) is 0 Å². The summed E-state index contributed by atoms with van der Waals surface area (Å²) < 4.78 is 8.15. The molecule has 4 aromatic heterocycles. The number of nitrogens with zero attached hydrogens (tertiary/aromatic N) is 4. The minimum atomic E-state index is 0. The average Bonchev–Trinajstić information content (AvgIpc) is 3.67. The van der Waals surface area contributed by atoms with Gasteiger partial charge in [-0.3, -0.25) is 9.55 Å². The van der Waals surface area contributed by atoms with Gasteiger partial charge in [-0.15, -0.1) is 18.2 Å². The topological polar surface area (TPSA) is 56.7 Å². The van der Waals surface area contributed by atoms with Gasteiger partial charge in [0.25, 0.3) is 0 Å². The molecule has 0 bridgehead atoms. The van der Waals surface area contributed by atoms with E-state index in [0.29, 0.717) is 11.8 Å². The Morgan fingerprint density at radius 3 is 1.95 bits per heavy atom. The quantitative estimate of drug-likeness (QED) is 0.165. The molecule has 0 aliphatic carbocycles. The average molecular weight is 742 g/mol. The number of hydrogen-bond acceptors (Lipinski definition) is 4. The number of fused-ring (bicyclic) bond motifs is 3. The predicted octanol–water partition coefficient (Wildman–Crippen LogP) is 9.63. The van der Waals surface area contributed by atoms with Crippen molar-refractivity contribution in [1.82, 2.24) is 19.5 Å². The molecule has 1 radical (unpaired) electrons. The summed E-state index contributed by atoms with van der Waals surface area (Å²) in [5.41, 5.74) is 8.36. The van der Waals surface area contributed by atoms with Gasteiger partial charge in [0.1, 0.15) is 11.3 Å². The molecule has 7 aromatic rings. The summed E-state index contributed by atoms with van der Waals surface area (Å²) >= 11 is 0. The molecule has 0 saturated carbocycles. The monoisotopic (exact) mass is 742 g/mol. The van der Waals surface area contributed by atoms with E-state index in [1.54, 1.807) is 6.20 Å². The van der Waals surface area contributed by atoms with Crippen molar-refractivity contribution in [1.29, 1.82) is 0 Å². The Balaban J connectivity index is 0.000000170. The third-order valence-electron chi connectivity index (χ3n) is 7.38. The summed E-state index contributed by atoms with van der Waals surface area (Å²) in [4.78, 5) is 13.4. The number of imidazole rings is 1. The zero-order valence-electron chi connectivity index (χ0n) is 24.7. The van der Waals surface area contributed by atoms with Gasteiger partial charge in [0.05, 0.1) is 11.3 Å². The van der Waals surface area contributed by atoms with E-state index in [2.05, 4.69) is 77.5 Å². The van der Waals surface area contributed by atoms with Crippen molar-refractivity contribution in [2.24, 2.45) is 0 Å². The Hall–Kier alpha value is -4.38. The molecular weight excluding hydrogens is 709 g/mol. The van der Waals surface area contributed by atoms with Crippen LogP contribution >= 0.6 is 0 Å². The summed E-state index contributed by atoms with van der Waals surface area (Å²) in [7, 11) is 0. The number of aromatic nitrogens is 4. The minimum absolute atomic E-state index is 0. The Morgan fingerprint density at radius 2 is 1.30 bits per heavy atom. The smallest absolute Gasteiger partial charge is 0.163 e. The van der Waals surface area contributed by atoms with E-state index in [1.807, 2.05) is 85.3 Å². The molecule has 0 aliphatic heterocycles. The fourth-order valence-electron chi connectivity index (χ4n) is 5.35. The molecular formula is C37H33IrN4O-. The fourth-order valence-corrected chi connectivity index (χ4v) is 5.35. The van der Waals surface area contributed by atoms with E-state index in [0.717, 1.165) is 44.7 Å². The van der Waals surface area contributed by atoms with Crippen molar-refractivity contribution < 1.29 is 24.5 Å². The van der Waals surface area contributed by atoms with Crippen LogP contribution in [0, 0.1) is 6.07 Å². The molecule has 5 nitrogen and oxygen atoms in total. The van der Waals surface area contributed by atoms with E-state index in [-0.39, 0.29) is 20.1 Å². The molecule has 0 aliphatic rings. The summed E-state index contributed by atoms with van der Waals surface area (Å²) in [6.45, 7) is 8.95. The third kappa shape index (κ3) is 6.08. The van der Waals surface area contributed by atoms with Crippen LogP contribution < -0.4 is 0 Å². The minimum Gasteiger partial charge on any atom is -0.501 e. The predicted molar refractivity (Wildman–Crippen MR) is 171 cm³/mol. The van der Waals surface area contributed by atoms with Crippen molar-refractivity contribution >= 4 is 21.9 Å². The Morgan fingerprint density at radius 1 is 0.651 bits per heavy atom. The molecule has 3 aromatic carbocycles. The second kappa shape index (κ2) is 13.3. The van der Waals surface area contributed by atoms with Gasteiger partial charge in [-0.25, -0.2) is 4.98 Å². The standard InChI is InChI=1S/C20H23N3.C17H10NO.Ir/c1-14(2)16-8-7-9-17(15(3)4)19(16)23-13-12-22-20(23)18-10-5-6-11-21-18;1-2-10-16-12(6-1)13-7-5-8-14(17(13)19-16)15-9-3-4-11-18-15;/h5-15H,1-4H3;1-7,9-11H;/q;-1;. The van der Waals surface area contributed by atoms with Gasteiger partial charge < -0.3 is 9.40 Å². The molecule has 0 spiro atoms. The van der Waals surface area contributed by atoms with Crippen LogP contribution in [0.15, 0.2) is 120 Å². The van der Waals surface area contributed by atoms with Crippen LogP contribution in [0.2, 0.25) is 0 Å². The summed E-state index contributed by atoms with van der Waals surface area (Å²) in [6, 6.07) is 33.6. The maximum absolute atomic E-state index is 5.97. The van der Waals surface area contributed by atoms with Gasteiger partial charge in [0, 0.05) is 50.3 Å². The summed E-state index contributed by atoms with van der Waals surface area (Å²) in [5.74, 6) is 1.78. The molecule has 217 valence electrons. The number of hydrogen-bond donors (Lipinski definition) is 0. The molecule has 0 N–H and O–H groups in total. The number of para-hydroxylation sites is 2. The molecule has 0 atom stereocenters. The van der Waals surface area contributed by atoms with Gasteiger partial charge in [-0.1, -0.05) is 93.2 Å². The Bertz CT molecular complexity index is 1920. The zero-order chi connectivity index (χ0) is 29.1. The molecule has 0 unspecified atom stereocenters. The van der Waals surface area contributed by atoms with E-state index < -0.39 is 0 Å². The van der Waals surface area contributed by atoms with E-state index in [4.69, 9.17) is 4.42 Å². The van der Waals surface area contributed by atoms with Crippen molar-refractivity contribution in [3.05, 3.63) is 133 Å². The first-order valence-corrected chi connectivity index (χ1v) is 14.3. The fraction of sp³-hybridized carbons (Fsp3) is 0.162. The molecule has 43 heavy (non-hydrogen) atoms. The Labute approximate surface area is 266 Å². The normalized spacial score (nSPS) is 11.0. The first kappa shape index (κ1) is 30.1. The molecule has 0 amide bonds. The van der Waals surface area contributed by atoms with Crippen LogP contribution in [0.4, 0.5) is 0 Å². The van der Waals surface area contributed by atoms with Crippen molar-refractivity contribution in [2.45, 2.75) is 39.5 Å². The van der Waals surface area contributed by atoms with Crippen LogP contribution in [0.25, 0.3) is 50.4 Å². The second-order valence-electron chi connectivity index (χ2n) is 10.8. The Kier molecular flexibility index (Phi) is 9.30. The van der Waals surface area contributed by atoms with E-state index in [9.17, 15) is 0 Å². The first-order valence-electron chi connectivity index (χ1n) is 14.3. The van der Waals surface area contributed by atoms with E-state index in [1.165, 1.54) is 16.8 Å². The molecule has 7 rings (SSSR count). The van der Waals surface area contributed by atoms with E-state index >= 15 is 0 Å². The number of benzene rings is 3. The van der Waals surface area contributed by atoms with Crippen molar-refractivity contribution in [2.75, 3.05) is 0 Å². The SMILES string of the molecule is CC(C)c1cccc(C(C)C)c1-n1ccnc1-c1ccccn1.[Ir].[c-]1ccc2c(oc3ccccc32)c1-c1ccccn1. The van der Waals surface area contributed by atoms with Gasteiger partial charge in [-0.2, -0.15) is 0 Å². The zero-order valence-corrected chi connectivity index (χ0v) is 27.0. The summed E-state index contributed by atoms with van der Waals surface area (Å²) in [6.07, 6.45) is 7.49. The number of rotatable bonds is 5.